The van der Waals surface area contributed by atoms with Gasteiger partial charge < -0.3 is 9.64 Å². The summed E-state index contributed by atoms with van der Waals surface area (Å²) in [6, 6.07) is 8.22. The Morgan fingerprint density at radius 3 is 2.79 bits per heavy atom. The first-order valence-corrected chi connectivity index (χ1v) is 7.51. The lowest BCUT2D eigenvalue weighted by atomic mass is 10.1. The van der Waals surface area contributed by atoms with Gasteiger partial charge in [-0.15, -0.1) is 0 Å². The number of halogens is 1. The first kappa shape index (κ1) is 12.7. The summed E-state index contributed by atoms with van der Waals surface area (Å²) in [6.45, 7) is 2.13. The van der Waals surface area contributed by atoms with Crippen molar-refractivity contribution in [2.24, 2.45) is 0 Å². The van der Waals surface area contributed by atoms with Crippen LogP contribution in [0.3, 0.4) is 0 Å². The van der Waals surface area contributed by atoms with E-state index in [1.807, 2.05) is 18.3 Å². The standard InChI is InChI=1S/C15H17BrN2O/c1-19-13-2-3-14-11(10-13)4-7-17-15(14)18-8-5-12(16)6-9-18/h2-4,7,10,12H,5-6,8-9H2,1H3. The smallest absolute Gasteiger partial charge is 0.136 e. The van der Waals surface area contributed by atoms with Gasteiger partial charge in [0.05, 0.1) is 7.11 Å². The lowest BCUT2D eigenvalue weighted by molar-refractivity contribution is 0.415. The first-order valence-electron chi connectivity index (χ1n) is 6.59. The third kappa shape index (κ3) is 2.54. The summed E-state index contributed by atoms with van der Waals surface area (Å²) in [5.74, 6) is 1.99. The zero-order chi connectivity index (χ0) is 13.2. The molecule has 0 N–H and O–H groups in total. The molecule has 1 aromatic heterocycles. The maximum Gasteiger partial charge on any atom is 0.136 e. The number of piperidine rings is 1. The van der Waals surface area contributed by atoms with Crippen molar-refractivity contribution in [2.75, 3.05) is 25.1 Å². The minimum Gasteiger partial charge on any atom is -0.497 e. The molecule has 1 saturated heterocycles. The van der Waals surface area contributed by atoms with E-state index in [0.29, 0.717) is 4.83 Å². The first-order chi connectivity index (χ1) is 9.28. The molecule has 3 nitrogen and oxygen atoms in total. The SMILES string of the molecule is COc1ccc2c(N3CCC(Br)CC3)nccc2c1. The van der Waals surface area contributed by atoms with E-state index < -0.39 is 0 Å². The Kier molecular flexibility index (Phi) is 3.60. The quantitative estimate of drug-likeness (QED) is 0.790. The molecule has 1 fully saturated rings. The van der Waals surface area contributed by atoms with Gasteiger partial charge in [-0.25, -0.2) is 4.98 Å². The molecular formula is C15H17BrN2O. The van der Waals surface area contributed by atoms with Gasteiger partial charge in [0.1, 0.15) is 11.6 Å². The predicted octanol–water partition coefficient (Wildman–Crippen LogP) is 3.61. The molecule has 2 heterocycles. The Bertz CT molecular complexity index is 579. The minimum atomic E-state index is 0.652. The molecule has 0 spiro atoms. The van der Waals surface area contributed by atoms with Crippen LogP contribution in [-0.2, 0) is 0 Å². The zero-order valence-electron chi connectivity index (χ0n) is 11.0. The minimum absolute atomic E-state index is 0.652. The number of methoxy groups -OCH3 is 1. The highest BCUT2D eigenvalue weighted by Gasteiger charge is 2.19. The fourth-order valence-corrected chi connectivity index (χ4v) is 2.99. The van der Waals surface area contributed by atoms with Gasteiger partial charge in [0.15, 0.2) is 0 Å². The molecule has 0 aliphatic carbocycles. The molecule has 1 aromatic carbocycles. The molecule has 2 aromatic rings. The van der Waals surface area contributed by atoms with Crippen molar-refractivity contribution in [3.05, 3.63) is 30.5 Å². The van der Waals surface area contributed by atoms with E-state index in [-0.39, 0.29) is 0 Å². The van der Waals surface area contributed by atoms with Crippen LogP contribution in [0.5, 0.6) is 5.75 Å². The second-order valence-electron chi connectivity index (χ2n) is 4.88. The molecule has 3 rings (SSSR count). The van der Waals surface area contributed by atoms with Gasteiger partial charge >= 0.3 is 0 Å². The van der Waals surface area contributed by atoms with Crippen molar-refractivity contribution in [1.29, 1.82) is 0 Å². The fourth-order valence-electron chi connectivity index (χ4n) is 2.58. The summed E-state index contributed by atoms with van der Waals surface area (Å²) < 4.78 is 5.28. The van der Waals surface area contributed by atoms with Crippen LogP contribution in [0.25, 0.3) is 10.8 Å². The molecule has 0 radical (unpaired) electrons. The Morgan fingerprint density at radius 1 is 1.26 bits per heavy atom. The summed E-state index contributed by atoms with van der Waals surface area (Å²) in [5, 5.41) is 2.39. The van der Waals surface area contributed by atoms with Crippen LogP contribution in [0, 0.1) is 0 Å². The van der Waals surface area contributed by atoms with E-state index >= 15 is 0 Å². The van der Waals surface area contributed by atoms with E-state index in [1.165, 1.54) is 23.6 Å². The molecule has 0 atom stereocenters. The number of alkyl halides is 1. The van der Waals surface area contributed by atoms with Gasteiger partial charge in [0.2, 0.25) is 0 Å². The van der Waals surface area contributed by atoms with Crippen LogP contribution in [0.4, 0.5) is 5.82 Å². The highest BCUT2D eigenvalue weighted by atomic mass is 79.9. The number of aromatic nitrogens is 1. The molecule has 0 bridgehead atoms. The maximum absolute atomic E-state index is 5.28. The third-order valence-electron chi connectivity index (χ3n) is 3.67. The Hall–Kier alpha value is -1.29. The molecule has 19 heavy (non-hydrogen) atoms. The second kappa shape index (κ2) is 5.37. The average Bonchev–Trinajstić information content (AvgIpc) is 2.47. The van der Waals surface area contributed by atoms with Crippen LogP contribution in [0.15, 0.2) is 30.5 Å². The number of fused-ring (bicyclic) bond motifs is 1. The second-order valence-corrected chi connectivity index (χ2v) is 6.18. The van der Waals surface area contributed by atoms with Gasteiger partial charge in [-0.2, -0.15) is 0 Å². The molecule has 100 valence electrons. The number of pyridine rings is 1. The molecule has 0 amide bonds. The van der Waals surface area contributed by atoms with Crippen LogP contribution < -0.4 is 9.64 Å². The van der Waals surface area contributed by atoms with Crippen molar-refractivity contribution in [2.45, 2.75) is 17.7 Å². The van der Waals surface area contributed by atoms with Gasteiger partial charge in [-0.3, -0.25) is 0 Å². The largest absolute Gasteiger partial charge is 0.497 e. The Morgan fingerprint density at radius 2 is 2.05 bits per heavy atom. The van der Waals surface area contributed by atoms with Gasteiger partial charge in [0, 0.05) is 29.5 Å². The lowest BCUT2D eigenvalue weighted by Crippen LogP contribution is -2.34. The monoisotopic (exact) mass is 320 g/mol. The molecule has 1 aliphatic rings. The number of nitrogens with zero attached hydrogens (tertiary/aromatic N) is 2. The van der Waals surface area contributed by atoms with Crippen LogP contribution in [-0.4, -0.2) is 30.0 Å². The summed E-state index contributed by atoms with van der Waals surface area (Å²) in [7, 11) is 1.70. The molecule has 0 saturated carbocycles. The Labute approximate surface area is 121 Å². The van der Waals surface area contributed by atoms with E-state index in [1.54, 1.807) is 7.11 Å². The van der Waals surface area contributed by atoms with E-state index in [4.69, 9.17) is 4.74 Å². The van der Waals surface area contributed by atoms with E-state index in [9.17, 15) is 0 Å². The van der Waals surface area contributed by atoms with E-state index in [0.717, 1.165) is 24.7 Å². The van der Waals surface area contributed by atoms with Crippen LogP contribution in [0.1, 0.15) is 12.8 Å². The van der Waals surface area contributed by atoms with Crippen LogP contribution in [0.2, 0.25) is 0 Å². The maximum atomic E-state index is 5.28. The number of hydrogen-bond acceptors (Lipinski definition) is 3. The zero-order valence-corrected chi connectivity index (χ0v) is 12.6. The lowest BCUT2D eigenvalue weighted by Gasteiger charge is -2.31. The van der Waals surface area contributed by atoms with Gasteiger partial charge in [0.25, 0.3) is 0 Å². The fraction of sp³-hybridized carbons (Fsp3) is 0.400. The van der Waals surface area contributed by atoms with Gasteiger partial charge in [-0.05, 0) is 42.5 Å². The average molecular weight is 321 g/mol. The highest BCUT2D eigenvalue weighted by Crippen LogP contribution is 2.30. The molecule has 0 unspecified atom stereocenters. The molecular weight excluding hydrogens is 304 g/mol. The number of benzene rings is 1. The summed E-state index contributed by atoms with van der Waals surface area (Å²) in [5.41, 5.74) is 0. The van der Waals surface area contributed by atoms with Gasteiger partial charge in [-0.1, -0.05) is 15.9 Å². The normalized spacial score (nSPS) is 16.8. The molecule has 1 aliphatic heterocycles. The van der Waals surface area contributed by atoms with Crippen LogP contribution >= 0.6 is 15.9 Å². The van der Waals surface area contributed by atoms with Crippen molar-refractivity contribution in [3.63, 3.8) is 0 Å². The number of rotatable bonds is 2. The number of hydrogen-bond donors (Lipinski definition) is 0. The Balaban J connectivity index is 1.99. The number of anilines is 1. The summed E-state index contributed by atoms with van der Waals surface area (Å²) >= 11 is 3.69. The number of ether oxygens (including phenoxy) is 1. The van der Waals surface area contributed by atoms with Crippen molar-refractivity contribution >= 4 is 32.5 Å². The molecule has 4 heteroatoms. The van der Waals surface area contributed by atoms with Crippen molar-refractivity contribution in [1.82, 2.24) is 4.98 Å². The van der Waals surface area contributed by atoms with E-state index in [2.05, 4.69) is 37.9 Å². The van der Waals surface area contributed by atoms with Crippen molar-refractivity contribution < 1.29 is 4.74 Å². The van der Waals surface area contributed by atoms with Crippen molar-refractivity contribution in [3.8, 4) is 5.75 Å². The third-order valence-corrected chi connectivity index (χ3v) is 4.59. The summed E-state index contributed by atoms with van der Waals surface area (Å²) in [6.07, 6.45) is 4.24. The summed E-state index contributed by atoms with van der Waals surface area (Å²) in [4.78, 5) is 7.61. The highest BCUT2D eigenvalue weighted by molar-refractivity contribution is 9.09. The topological polar surface area (TPSA) is 25.4 Å². The predicted molar refractivity (Wildman–Crippen MR) is 82.5 cm³/mol.